The number of carbonyl (C=O) groups is 2. The number of nitrogens with zero attached hydrogens (tertiary/aromatic N) is 6. The maximum absolute atomic E-state index is 13.5. The van der Waals surface area contributed by atoms with Crippen LogP contribution in [0.15, 0.2) is 140 Å². The van der Waals surface area contributed by atoms with Crippen LogP contribution in [0.4, 0.5) is 0 Å². The van der Waals surface area contributed by atoms with Gasteiger partial charge < -0.3 is 19.1 Å². The number of benzene rings is 5. The van der Waals surface area contributed by atoms with E-state index in [0.717, 1.165) is 38.9 Å². The Morgan fingerprint density at radius 1 is 0.696 bits per heavy atom. The fourth-order valence-electron chi connectivity index (χ4n) is 7.29. The topological polar surface area (TPSA) is 134 Å². The monoisotopic (exact) mass is 746 g/mol. The summed E-state index contributed by atoms with van der Waals surface area (Å²) < 4.78 is 14.5. The Morgan fingerprint density at radius 3 is 1.75 bits per heavy atom. The van der Waals surface area contributed by atoms with Crippen molar-refractivity contribution in [2.24, 2.45) is 0 Å². The molecule has 0 spiro atoms. The van der Waals surface area contributed by atoms with Gasteiger partial charge in [-0.2, -0.15) is 0 Å². The van der Waals surface area contributed by atoms with E-state index in [-0.39, 0.29) is 24.6 Å². The number of imidazole rings is 1. The van der Waals surface area contributed by atoms with Crippen molar-refractivity contribution in [2.75, 3.05) is 0 Å². The second-order valence-corrected chi connectivity index (χ2v) is 13.9. The molecule has 2 heterocycles. The van der Waals surface area contributed by atoms with Crippen molar-refractivity contribution in [3.05, 3.63) is 179 Å². The van der Waals surface area contributed by atoms with Crippen LogP contribution in [-0.2, 0) is 45.2 Å². The molecule has 282 valence electrons. The van der Waals surface area contributed by atoms with Gasteiger partial charge in [-0.1, -0.05) is 140 Å². The normalized spacial score (nSPS) is 11.7. The Balaban J connectivity index is 1.22. The first-order valence-corrected chi connectivity index (χ1v) is 18.4. The first kappa shape index (κ1) is 37.6. The van der Waals surface area contributed by atoms with Crippen LogP contribution in [0.3, 0.4) is 0 Å². The van der Waals surface area contributed by atoms with Crippen LogP contribution >= 0.6 is 0 Å². The van der Waals surface area contributed by atoms with Crippen molar-refractivity contribution in [3.63, 3.8) is 0 Å². The van der Waals surface area contributed by atoms with Crippen molar-refractivity contribution in [1.82, 2.24) is 29.8 Å². The molecule has 7 aromatic rings. The highest BCUT2D eigenvalue weighted by Crippen LogP contribution is 2.43. The third kappa shape index (κ3) is 7.24. The van der Waals surface area contributed by atoms with Gasteiger partial charge in [-0.25, -0.2) is 14.5 Å². The number of aliphatic hydroxyl groups is 1. The molecule has 0 unspecified atom stereocenters. The summed E-state index contributed by atoms with van der Waals surface area (Å²) in [6, 6.07) is 46.5. The Bertz CT molecular complexity index is 2340. The van der Waals surface area contributed by atoms with E-state index in [0.29, 0.717) is 18.2 Å². The second kappa shape index (κ2) is 15.9. The van der Waals surface area contributed by atoms with Gasteiger partial charge in [-0.05, 0) is 64.6 Å². The van der Waals surface area contributed by atoms with Crippen LogP contribution in [-0.4, -0.2) is 46.8 Å². The van der Waals surface area contributed by atoms with Gasteiger partial charge in [0.2, 0.25) is 0 Å². The lowest BCUT2D eigenvalue weighted by molar-refractivity contribution is -0.142. The third-order valence-electron chi connectivity index (χ3n) is 9.71. The smallest absolute Gasteiger partial charge is 0.359 e. The van der Waals surface area contributed by atoms with E-state index < -0.39 is 23.1 Å². The first-order valence-electron chi connectivity index (χ1n) is 18.4. The zero-order valence-electron chi connectivity index (χ0n) is 31.7. The average Bonchev–Trinajstić information content (AvgIpc) is 3.87. The predicted molar refractivity (Wildman–Crippen MR) is 211 cm³/mol. The maximum Gasteiger partial charge on any atom is 0.359 e. The fraction of sp³-hybridized carbons (Fsp3) is 0.200. The highest BCUT2D eigenvalue weighted by Gasteiger charge is 2.42. The van der Waals surface area contributed by atoms with E-state index in [2.05, 4.69) is 51.7 Å². The Kier molecular flexibility index (Phi) is 10.7. The summed E-state index contributed by atoms with van der Waals surface area (Å²) in [5, 5.41) is 24.6. The molecule has 2 aromatic heterocycles. The van der Waals surface area contributed by atoms with Gasteiger partial charge in [-0.15, -0.1) is 5.10 Å². The van der Waals surface area contributed by atoms with Crippen molar-refractivity contribution in [3.8, 4) is 22.5 Å². The zero-order valence-corrected chi connectivity index (χ0v) is 31.7. The standard InChI is InChI=1S/C45H42N6O5/c1-5-50-39(30-55-31(2)52)46-40(41(50)44(3,4)54)43(53)56-29-32-25-27-33(28-26-32)37-23-15-16-24-38(37)42-47-48-49-51(42)45(34-17-9-6-10-18-34,35-19-11-7-12-20-35)36-21-13-8-14-22-36/h6-28,54H,5,29-30H2,1-4H3. The fourth-order valence-corrected chi connectivity index (χ4v) is 7.29. The molecule has 11 heteroatoms. The average molecular weight is 747 g/mol. The van der Waals surface area contributed by atoms with E-state index in [1.807, 2.05) is 115 Å². The van der Waals surface area contributed by atoms with Crippen molar-refractivity contribution in [2.45, 2.75) is 58.6 Å². The van der Waals surface area contributed by atoms with E-state index >= 15 is 0 Å². The van der Waals surface area contributed by atoms with E-state index in [9.17, 15) is 14.7 Å². The lowest BCUT2D eigenvalue weighted by Crippen LogP contribution is -2.39. The number of rotatable bonds is 13. The quantitative estimate of drug-likeness (QED) is 0.0930. The van der Waals surface area contributed by atoms with Gasteiger partial charge in [0.25, 0.3) is 0 Å². The molecular formula is C45H42N6O5. The van der Waals surface area contributed by atoms with Crippen LogP contribution in [0.2, 0.25) is 0 Å². The maximum atomic E-state index is 13.5. The number of aromatic nitrogens is 6. The summed E-state index contributed by atoms with van der Waals surface area (Å²) in [5.74, 6) is -0.251. The van der Waals surface area contributed by atoms with Crippen LogP contribution in [0, 0.1) is 0 Å². The number of carbonyl (C=O) groups excluding carboxylic acids is 2. The van der Waals surface area contributed by atoms with E-state index in [1.165, 1.54) is 6.92 Å². The lowest BCUT2D eigenvalue weighted by Gasteiger charge is -2.36. The molecule has 11 nitrogen and oxygen atoms in total. The van der Waals surface area contributed by atoms with Gasteiger partial charge >= 0.3 is 11.9 Å². The molecule has 56 heavy (non-hydrogen) atoms. The summed E-state index contributed by atoms with van der Waals surface area (Å²) >= 11 is 0. The molecule has 0 saturated carbocycles. The Labute approximate surface area is 325 Å². The molecule has 7 rings (SSSR count). The third-order valence-corrected chi connectivity index (χ3v) is 9.71. The minimum atomic E-state index is -1.41. The molecule has 5 aromatic carbocycles. The van der Waals surface area contributed by atoms with Crippen LogP contribution < -0.4 is 0 Å². The molecule has 0 aliphatic heterocycles. The van der Waals surface area contributed by atoms with Gasteiger partial charge in [0, 0.05) is 19.0 Å². The van der Waals surface area contributed by atoms with Gasteiger partial charge in [0.1, 0.15) is 30.2 Å². The van der Waals surface area contributed by atoms with Gasteiger partial charge in [0.15, 0.2) is 11.5 Å². The summed E-state index contributed by atoms with van der Waals surface area (Å²) in [7, 11) is 0. The molecule has 0 amide bonds. The zero-order chi connectivity index (χ0) is 39.3. The Hall–Kier alpha value is -6.72. The minimum absolute atomic E-state index is 0.0256. The van der Waals surface area contributed by atoms with Crippen LogP contribution in [0.25, 0.3) is 22.5 Å². The summed E-state index contributed by atoms with van der Waals surface area (Å²) in [4.78, 5) is 29.4. The largest absolute Gasteiger partial charge is 0.458 e. The minimum Gasteiger partial charge on any atom is -0.458 e. The van der Waals surface area contributed by atoms with Crippen molar-refractivity contribution < 1.29 is 24.2 Å². The van der Waals surface area contributed by atoms with Crippen LogP contribution in [0.1, 0.15) is 72.0 Å². The highest BCUT2D eigenvalue weighted by atomic mass is 16.5. The first-order chi connectivity index (χ1) is 27.1. The highest BCUT2D eigenvalue weighted by molar-refractivity contribution is 5.89. The molecule has 0 aliphatic rings. The summed E-state index contributed by atoms with van der Waals surface area (Å²) in [6.07, 6.45) is 0. The lowest BCUT2D eigenvalue weighted by atomic mass is 9.77. The molecule has 0 bridgehead atoms. The van der Waals surface area contributed by atoms with Gasteiger partial charge in [0.05, 0.1) is 5.69 Å². The molecule has 0 atom stereocenters. The van der Waals surface area contributed by atoms with E-state index in [4.69, 9.17) is 14.7 Å². The van der Waals surface area contributed by atoms with Crippen LogP contribution in [0.5, 0.6) is 0 Å². The number of tetrazole rings is 1. The molecule has 0 aliphatic carbocycles. The van der Waals surface area contributed by atoms with Crippen molar-refractivity contribution in [1.29, 1.82) is 0 Å². The van der Waals surface area contributed by atoms with E-state index in [1.54, 1.807) is 18.4 Å². The Morgan fingerprint density at radius 2 is 1.23 bits per heavy atom. The number of hydrogen-bond donors (Lipinski definition) is 1. The second-order valence-electron chi connectivity index (χ2n) is 13.9. The molecule has 0 radical (unpaired) electrons. The molecule has 1 N–H and O–H groups in total. The SMILES string of the molecule is CCn1c(COC(C)=O)nc(C(=O)OCc2ccc(-c3ccccc3-c3nnnn3C(c3ccccc3)(c3ccccc3)c3ccccc3)cc2)c1C(C)(C)O. The number of esters is 2. The molecule has 0 saturated heterocycles. The molecular weight excluding hydrogens is 705 g/mol. The predicted octanol–water partition coefficient (Wildman–Crippen LogP) is 7.71. The van der Waals surface area contributed by atoms with Crippen molar-refractivity contribution >= 4 is 11.9 Å². The van der Waals surface area contributed by atoms with Gasteiger partial charge in [-0.3, -0.25) is 4.79 Å². The summed E-state index contributed by atoms with van der Waals surface area (Å²) in [5.41, 5.74) is 4.34. The molecule has 0 fully saturated rings. The summed E-state index contributed by atoms with van der Waals surface area (Å²) in [6.45, 7) is 6.53. The number of hydrogen-bond acceptors (Lipinski definition) is 9. The number of ether oxygens (including phenoxy) is 2.